The van der Waals surface area contributed by atoms with Crippen molar-refractivity contribution >= 4 is 11.4 Å². The summed E-state index contributed by atoms with van der Waals surface area (Å²) < 4.78 is 5.08. The van der Waals surface area contributed by atoms with E-state index < -0.39 is 4.92 Å². The molecule has 0 fully saturated rings. The van der Waals surface area contributed by atoms with E-state index in [-0.39, 0.29) is 11.7 Å². The number of anilines is 1. The number of nitro groups is 1. The topological polar surface area (TPSA) is 93.1 Å². The van der Waals surface area contributed by atoms with E-state index in [0.29, 0.717) is 11.4 Å². The summed E-state index contributed by atoms with van der Waals surface area (Å²) in [6, 6.07) is 4.48. The summed E-state index contributed by atoms with van der Waals surface area (Å²) in [4.78, 5) is 10.6. The summed E-state index contributed by atoms with van der Waals surface area (Å²) in [7, 11) is 1.52. The lowest BCUT2D eigenvalue weighted by Crippen LogP contribution is -2.07. The molecule has 0 aliphatic heterocycles. The van der Waals surface area contributed by atoms with Gasteiger partial charge in [0.05, 0.1) is 24.3 Å². The molecule has 0 bridgehead atoms. The monoisotopic (exact) mass is 262 g/mol. The van der Waals surface area contributed by atoms with Crippen molar-refractivity contribution in [2.75, 3.05) is 12.4 Å². The van der Waals surface area contributed by atoms with Gasteiger partial charge in [-0.25, -0.2) is 0 Å². The minimum Gasteiger partial charge on any atom is -0.497 e. The van der Waals surface area contributed by atoms with Crippen molar-refractivity contribution in [1.82, 2.24) is 10.2 Å². The molecule has 2 N–H and O–H groups in total. The van der Waals surface area contributed by atoms with Gasteiger partial charge in [0.2, 0.25) is 0 Å². The van der Waals surface area contributed by atoms with Crippen molar-refractivity contribution in [1.29, 1.82) is 0 Å². The van der Waals surface area contributed by atoms with Crippen LogP contribution >= 0.6 is 0 Å². The second-order valence-corrected chi connectivity index (χ2v) is 4.04. The fraction of sp³-hybridized carbons (Fsp3) is 0.250. The number of methoxy groups -OCH3 is 1. The van der Waals surface area contributed by atoms with Gasteiger partial charge in [0.25, 0.3) is 5.69 Å². The van der Waals surface area contributed by atoms with Gasteiger partial charge in [0.15, 0.2) is 0 Å². The zero-order chi connectivity index (χ0) is 13.8. The average Bonchev–Trinajstić information content (AvgIpc) is 2.92. The quantitative estimate of drug-likeness (QED) is 0.637. The Balaban J connectivity index is 2.29. The second-order valence-electron chi connectivity index (χ2n) is 4.04. The molecular formula is C12H14N4O3. The number of ether oxygens (including phenoxy) is 1. The normalized spacial score (nSPS) is 11.9. The number of rotatable bonds is 5. The number of nitro benzene ring substituents is 1. The molecule has 1 heterocycles. The molecule has 0 aliphatic carbocycles. The molecule has 100 valence electrons. The van der Waals surface area contributed by atoms with Crippen LogP contribution in [0.4, 0.5) is 11.4 Å². The maximum Gasteiger partial charge on any atom is 0.292 e. The molecule has 1 aromatic carbocycles. The van der Waals surface area contributed by atoms with Crippen molar-refractivity contribution in [3.05, 3.63) is 46.3 Å². The molecule has 0 aliphatic rings. The summed E-state index contributed by atoms with van der Waals surface area (Å²) in [6.45, 7) is 1.90. The SMILES string of the molecule is COc1ccc([N+](=O)[O-])c(NC(C)c2cn[nH]c2)c1. The molecular weight excluding hydrogens is 248 g/mol. The Hall–Kier alpha value is -2.57. The maximum atomic E-state index is 11.0. The van der Waals surface area contributed by atoms with Gasteiger partial charge in [0.1, 0.15) is 11.4 Å². The van der Waals surface area contributed by atoms with Crippen LogP contribution in [0.1, 0.15) is 18.5 Å². The molecule has 0 saturated heterocycles. The predicted molar refractivity (Wildman–Crippen MR) is 70.3 cm³/mol. The van der Waals surface area contributed by atoms with E-state index in [2.05, 4.69) is 15.5 Å². The number of aromatic nitrogens is 2. The molecule has 0 saturated carbocycles. The fourth-order valence-electron chi connectivity index (χ4n) is 1.73. The van der Waals surface area contributed by atoms with E-state index in [1.165, 1.54) is 13.2 Å². The number of hydrogen-bond acceptors (Lipinski definition) is 5. The lowest BCUT2D eigenvalue weighted by molar-refractivity contribution is -0.384. The Morgan fingerprint density at radius 3 is 2.89 bits per heavy atom. The highest BCUT2D eigenvalue weighted by atomic mass is 16.6. The van der Waals surface area contributed by atoms with Gasteiger partial charge < -0.3 is 10.1 Å². The van der Waals surface area contributed by atoms with Crippen LogP contribution in [0.15, 0.2) is 30.6 Å². The van der Waals surface area contributed by atoms with Crippen LogP contribution in [0.3, 0.4) is 0 Å². The van der Waals surface area contributed by atoms with Gasteiger partial charge in [-0.15, -0.1) is 0 Å². The Morgan fingerprint density at radius 2 is 2.32 bits per heavy atom. The smallest absolute Gasteiger partial charge is 0.292 e. The molecule has 1 atom stereocenters. The van der Waals surface area contributed by atoms with E-state index in [1.807, 2.05) is 6.92 Å². The van der Waals surface area contributed by atoms with E-state index in [0.717, 1.165) is 5.56 Å². The van der Waals surface area contributed by atoms with Crippen molar-refractivity contribution in [2.24, 2.45) is 0 Å². The van der Waals surface area contributed by atoms with E-state index in [9.17, 15) is 10.1 Å². The summed E-state index contributed by atoms with van der Waals surface area (Å²) in [5.74, 6) is 0.562. The number of benzene rings is 1. The zero-order valence-corrected chi connectivity index (χ0v) is 10.6. The molecule has 7 nitrogen and oxygen atoms in total. The Bertz CT molecular complexity index is 568. The van der Waals surface area contributed by atoms with E-state index in [4.69, 9.17) is 4.74 Å². The first kappa shape index (κ1) is 12.9. The van der Waals surface area contributed by atoms with Crippen molar-refractivity contribution in [2.45, 2.75) is 13.0 Å². The third-order valence-corrected chi connectivity index (χ3v) is 2.79. The van der Waals surface area contributed by atoms with Gasteiger partial charge in [-0.3, -0.25) is 15.2 Å². The standard InChI is InChI=1S/C12H14N4O3/c1-8(9-6-13-14-7-9)15-11-5-10(19-2)3-4-12(11)16(17)18/h3-8,15H,1-2H3,(H,13,14). The largest absolute Gasteiger partial charge is 0.497 e. The molecule has 1 unspecified atom stereocenters. The molecule has 1 aromatic heterocycles. The van der Waals surface area contributed by atoms with Crippen LogP contribution in [0, 0.1) is 10.1 Å². The lowest BCUT2D eigenvalue weighted by atomic mass is 10.1. The van der Waals surface area contributed by atoms with Gasteiger partial charge in [-0.2, -0.15) is 5.10 Å². The minimum absolute atomic E-state index is 0.0103. The average molecular weight is 262 g/mol. The van der Waals surface area contributed by atoms with Gasteiger partial charge >= 0.3 is 0 Å². The zero-order valence-electron chi connectivity index (χ0n) is 10.6. The summed E-state index contributed by atoms with van der Waals surface area (Å²) in [5.41, 5.74) is 1.34. The predicted octanol–water partition coefficient (Wildman–Crippen LogP) is 2.50. The maximum absolute atomic E-state index is 11.0. The molecule has 0 spiro atoms. The number of nitrogens with one attached hydrogen (secondary N) is 2. The highest BCUT2D eigenvalue weighted by Crippen LogP contribution is 2.31. The molecule has 19 heavy (non-hydrogen) atoms. The first-order chi connectivity index (χ1) is 9.11. The highest BCUT2D eigenvalue weighted by Gasteiger charge is 2.17. The van der Waals surface area contributed by atoms with Crippen LogP contribution in [0.5, 0.6) is 5.75 Å². The Kier molecular flexibility index (Phi) is 3.65. The molecule has 0 amide bonds. The summed E-state index contributed by atoms with van der Waals surface area (Å²) in [6.07, 6.45) is 3.41. The highest BCUT2D eigenvalue weighted by molar-refractivity contribution is 5.64. The summed E-state index contributed by atoms with van der Waals surface area (Å²) in [5, 5.41) is 20.6. The van der Waals surface area contributed by atoms with E-state index in [1.54, 1.807) is 24.5 Å². The van der Waals surface area contributed by atoms with Crippen LogP contribution in [0.2, 0.25) is 0 Å². The van der Waals surface area contributed by atoms with Crippen molar-refractivity contribution in [3.8, 4) is 5.75 Å². The summed E-state index contributed by atoms with van der Waals surface area (Å²) >= 11 is 0. The van der Waals surface area contributed by atoms with Crippen LogP contribution < -0.4 is 10.1 Å². The molecule has 2 aromatic rings. The van der Waals surface area contributed by atoms with E-state index >= 15 is 0 Å². The minimum atomic E-state index is -0.427. The third kappa shape index (κ3) is 2.82. The molecule has 0 radical (unpaired) electrons. The number of nitrogens with zero attached hydrogens (tertiary/aromatic N) is 2. The first-order valence-electron chi connectivity index (χ1n) is 5.69. The Morgan fingerprint density at radius 1 is 1.53 bits per heavy atom. The van der Waals surface area contributed by atoms with Crippen molar-refractivity contribution < 1.29 is 9.66 Å². The van der Waals surface area contributed by atoms with Gasteiger partial charge in [0, 0.05) is 23.9 Å². The third-order valence-electron chi connectivity index (χ3n) is 2.79. The van der Waals surface area contributed by atoms with Crippen molar-refractivity contribution in [3.63, 3.8) is 0 Å². The van der Waals surface area contributed by atoms with Crippen LogP contribution in [0.25, 0.3) is 0 Å². The van der Waals surface area contributed by atoms with Crippen LogP contribution in [-0.4, -0.2) is 22.2 Å². The number of hydrogen-bond donors (Lipinski definition) is 2. The van der Waals surface area contributed by atoms with Gasteiger partial charge in [-0.05, 0) is 13.0 Å². The van der Waals surface area contributed by atoms with Gasteiger partial charge in [-0.1, -0.05) is 0 Å². The second kappa shape index (κ2) is 5.38. The molecule has 7 heteroatoms. The lowest BCUT2D eigenvalue weighted by Gasteiger charge is -2.14. The van der Waals surface area contributed by atoms with Crippen LogP contribution in [-0.2, 0) is 0 Å². The fourth-order valence-corrected chi connectivity index (χ4v) is 1.73. The Labute approximate surface area is 109 Å². The number of H-pyrrole nitrogens is 1. The number of aromatic amines is 1. The molecule has 2 rings (SSSR count). The first-order valence-corrected chi connectivity index (χ1v) is 5.69.